The van der Waals surface area contributed by atoms with E-state index in [1.54, 1.807) is 0 Å². The quantitative estimate of drug-likeness (QED) is 0.439. The normalized spacial score (nSPS) is 35.8. The van der Waals surface area contributed by atoms with Gasteiger partial charge in [0.15, 0.2) is 0 Å². The maximum atomic E-state index is 12.0. The summed E-state index contributed by atoms with van der Waals surface area (Å²) in [4.78, 5) is 23.0. The minimum Gasteiger partial charge on any atom is -0.465 e. The zero-order valence-corrected chi connectivity index (χ0v) is 13.8. The lowest BCUT2D eigenvalue weighted by Gasteiger charge is -2.31. The largest absolute Gasteiger partial charge is 0.465 e. The highest BCUT2D eigenvalue weighted by Gasteiger charge is 2.39. The molecule has 126 valence electrons. The van der Waals surface area contributed by atoms with Crippen LogP contribution in [0.5, 0.6) is 0 Å². The Balaban J connectivity index is 1.77. The van der Waals surface area contributed by atoms with E-state index in [2.05, 4.69) is 6.92 Å². The molecule has 2 aliphatic rings. The number of hydrogen-bond acceptors (Lipinski definition) is 4. The molecule has 0 bridgehead atoms. The number of nitro groups is 1. The third kappa shape index (κ3) is 4.68. The fourth-order valence-corrected chi connectivity index (χ4v) is 4.01. The Hall–Kier alpha value is -1.13. The summed E-state index contributed by atoms with van der Waals surface area (Å²) < 4.78 is 5.42. The van der Waals surface area contributed by atoms with Crippen molar-refractivity contribution in [2.75, 3.05) is 6.61 Å². The molecule has 2 rings (SSSR count). The van der Waals surface area contributed by atoms with Crippen molar-refractivity contribution in [3.63, 3.8) is 0 Å². The summed E-state index contributed by atoms with van der Waals surface area (Å²) in [5, 5.41) is 11.2. The molecule has 0 radical (unpaired) electrons. The Kier molecular flexibility index (Phi) is 6.21. The lowest BCUT2D eigenvalue weighted by Crippen LogP contribution is -2.40. The van der Waals surface area contributed by atoms with Gasteiger partial charge in [0.05, 0.1) is 5.92 Å². The molecule has 2 aliphatic carbocycles. The van der Waals surface area contributed by atoms with Crippen LogP contribution in [-0.4, -0.2) is 23.5 Å². The van der Waals surface area contributed by atoms with E-state index in [0.29, 0.717) is 18.8 Å². The van der Waals surface area contributed by atoms with Crippen molar-refractivity contribution in [2.45, 2.75) is 71.3 Å². The van der Waals surface area contributed by atoms with E-state index in [4.69, 9.17) is 4.74 Å². The molecular formula is C17H29NO4. The Morgan fingerprint density at radius 1 is 1.14 bits per heavy atom. The van der Waals surface area contributed by atoms with Crippen LogP contribution in [0.25, 0.3) is 0 Å². The van der Waals surface area contributed by atoms with E-state index in [9.17, 15) is 14.9 Å². The van der Waals surface area contributed by atoms with Crippen LogP contribution in [0.3, 0.4) is 0 Å². The minimum atomic E-state index is -0.549. The van der Waals surface area contributed by atoms with Crippen LogP contribution in [0, 0.1) is 33.8 Å². The first-order valence-electron chi connectivity index (χ1n) is 8.76. The molecular weight excluding hydrogens is 282 g/mol. The summed E-state index contributed by atoms with van der Waals surface area (Å²) in [6.07, 6.45) is 7.59. The van der Waals surface area contributed by atoms with Crippen LogP contribution in [0.2, 0.25) is 0 Å². The molecule has 0 N–H and O–H groups in total. The van der Waals surface area contributed by atoms with Crippen LogP contribution in [-0.2, 0) is 9.53 Å². The van der Waals surface area contributed by atoms with E-state index in [1.165, 1.54) is 12.8 Å². The van der Waals surface area contributed by atoms with E-state index >= 15 is 0 Å². The monoisotopic (exact) mass is 311 g/mol. The van der Waals surface area contributed by atoms with Crippen LogP contribution in [0.15, 0.2) is 0 Å². The summed E-state index contributed by atoms with van der Waals surface area (Å²) in [6.45, 7) is 4.52. The van der Waals surface area contributed by atoms with Gasteiger partial charge in [0.1, 0.15) is 6.61 Å². The molecule has 2 fully saturated rings. The van der Waals surface area contributed by atoms with Gasteiger partial charge in [0.25, 0.3) is 0 Å². The molecule has 0 aromatic carbocycles. The fraction of sp³-hybridized carbons (Fsp3) is 0.941. The molecule has 0 aromatic rings. The second-order valence-corrected chi connectivity index (χ2v) is 7.44. The van der Waals surface area contributed by atoms with Crippen molar-refractivity contribution >= 4 is 5.97 Å². The third-order valence-electron chi connectivity index (χ3n) is 5.68. The van der Waals surface area contributed by atoms with Gasteiger partial charge in [-0.05, 0) is 43.4 Å². The Morgan fingerprint density at radius 3 is 2.45 bits per heavy atom. The molecule has 0 spiro atoms. The molecule has 0 amide bonds. The van der Waals surface area contributed by atoms with Crippen LogP contribution in [0.4, 0.5) is 0 Å². The lowest BCUT2D eigenvalue weighted by atomic mass is 9.77. The second-order valence-electron chi connectivity index (χ2n) is 7.44. The fourth-order valence-electron chi connectivity index (χ4n) is 4.01. The Bertz CT molecular complexity index is 390. The molecule has 0 heterocycles. The van der Waals surface area contributed by atoms with Gasteiger partial charge in [0, 0.05) is 17.8 Å². The first-order chi connectivity index (χ1) is 10.5. The van der Waals surface area contributed by atoms with Crippen molar-refractivity contribution in [3.8, 4) is 0 Å². The number of esters is 1. The van der Waals surface area contributed by atoms with E-state index in [1.807, 2.05) is 6.92 Å². The first kappa shape index (κ1) is 17.2. The first-order valence-corrected chi connectivity index (χ1v) is 8.76. The average molecular weight is 311 g/mol. The maximum Gasteiger partial charge on any atom is 0.306 e. The molecule has 0 saturated heterocycles. The molecule has 22 heavy (non-hydrogen) atoms. The summed E-state index contributed by atoms with van der Waals surface area (Å²) in [7, 11) is 0. The summed E-state index contributed by atoms with van der Waals surface area (Å²) >= 11 is 0. The average Bonchev–Trinajstić information content (AvgIpc) is 2.48. The number of ether oxygens (including phenoxy) is 1. The lowest BCUT2D eigenvalue weighted by molar-refractivity contribution is -0.538. The number of hydrogen-bond donors (Lipinski definition) is 0. The highest BCUT2D eigenvalue weighted by atomic mass is 16.6. The Morgan fingerprint density at radius 2 is 1.82 bits per heavy atom. The predicted octanol–water partition coefficient (Wildman–Crippen LogP) is 3.83. The van der Waals surface area contributed by atoms with Crippen molar-refractivity contribution in [1.82, 2.24) is 0 Å². The maximum absolute atomic E-state index is 12.0. The van der Waals surface area contributed by atoms with Crippen molar-refractivity contribution in [2.24, 2.45) is 23.7 Å². The Labute approximate surface area is 132 Å². The summed E-state index contributed by atoms with van der Waals surface area (Å²) in [6, 6.07) is -0.549. The SMILES string of the molecule is CC1CCC(CC(=O)OCC2C(C)CCCC2[N+](=O)[O-])CC1. The predicted molar refractivity (Wildman–Crippen MR) is 84.0 cm³/mol. The number of nitrogens with zero attached hydrogens (tertiary/aromatic N) is 1. The molecule has 3 atom stereocenters. The zero-order chi connectivity index (χ0) is 16.1. The smallest absolute Gasteiger partial charge is 0.306 e. The summed E-state index contributed by atoms with van der Waals surface area (Å²) in [5.41, 5.74) is 0. The highest BCUT2D eigenvalue weighted by molar-refractivity contribution is 5.69. The van der Waals surface area contributed by atoms with Crippen LogP contribution >= 0.6 is 0 Å². The standard InChI is InChI=1S/C17H29NO4/c1-12-6-8-14(9-7-12)10-17(19)22-11-15-13(2)4-3-5-16(15)18(20)21/h12-16H,3-11H2,1-2H3. The van der Waals surface area contributed by atoms with Crippen LogP contribution < -0.4 is 0 Å². The molecule has 5 heteroatoms. The van der Waals surface area contributed by atoms with Gasteiger partial charge in [-0.3, -0.25) is 14.9 Å². The van der Waals surface area contributed by atoms with E-state index < -0.39 is 6.04 Å². The van der Waals surface area contributed by atoms with Gasteiger partial charge >= 0.3 is 5.97 Å². The molecule has 3 unspecified atom stereocenters. The van der Waals surface area contributed by atoms with Crippen molar-refractivity contribution < 1.29 is 14.5 Å². The third-order valence-corrected chi connectivity index (χ3v) is 5.68. The molecule has 0 aliphatic heterocycles. The van der Waals surface area contributed by atoms with Gasteiger partial charge in [-0.2, -0.15) is 0 Å². The van der Waals surface area contributed by atoms with E-state index in [-0.39, 0.29) is 29.3 Å². The molecule has 5 nitrogen and oxygen atoms in total. The number of rotatable bonds is 5. The van der Waals surface area contributed by atoms with Gasteiger partial charge in [0.2, 0.25) is 6.04 Å². The molecule has 0 aromatic heterocycles. The highest BCUT2D eigenvalue weighted by Crippen LogP contribution is 2.33. The number of carbonyl (C=O) groups excluding carboxylic acids is 1. The van der Waals surface area contributed by atoms with Crippen LogP contribution in [0.1, 0.15) is 65.2 Å². The van der Waals surface area contributed by atoms with Gasteiger partial charge < -0.3 is 4.74 Å². The van der Waals surface area contributed by atoms with Gasteiger partial charge in [-0.25, -0.2) is 0 Å². The van der Waals surface area contributed by atoms with E-state index in [0.717, 1.165) is 31.6 Å². The minimum absolute atomic E-state index is 0.126. The summed E-state index contributed by atoms with van der Waals surface area (Å²) in [5.74, 6) is 1.18. The zero-order valence-electron chi connectivity index (χ0n) is 13.8. The second kappa shape index (κ2) is 7.93. The van der Waals surface area contributed by atoms with Gasteiger partial charge in [-0.15, -0.1) is 0 Å². The topological polar surface area (TPSA) is 69.4 Å². The number of carbonyl (C=O) groups is 1. The van der Waals surface area contributed by atoms with Crippen molar-refractivity contribution in [3.05, 3.63) is 10.1 Å². The van der Waals surface area contributed by atoms with Gasteiger partial charge in [-0.1, -0.05) is 26.7 Å². The van der Waals surface area contributed by atoms with Crippen molar-refractivity contribution in [1.29, 1.82) is 0 Å². The molecule has 2 saturated carbocycles.